The van der Waals surface area contributed by atoms with Gasteiger partial charge in [-0.2, -0.15) is 0 Å². The van der Waals surface area contributed by atoms with E-state index in [1.54, 1.807) is 0 Å². The lowest BCUT2D eigenvalue weighted by atomic mass is 9.99. The molecule has 0 bridgehead atoms. The quantitative estimate of drug-likeness (QED) is 0.780. The first kappa shape index (κ1) is 13.0. The fourth-order valence-corrected chi connectivity index (χ4v) is 2.47. The Labute approximate surface area is 107 Å². The van der Waals surface area contributed by atoms with E-state index in [1.165, 1.54) is 7.11 Å². The maximum atomic E-state index is 12.0. The van der Waals surface area contributed by atoms with Crippen LogP contribution >= 0.6 is 0 Å². The van der Waals surface area contributed by atoms with Crippen LogP contribution in [0.4, 0.5) is 0 Å². The number of primary amides is 1. The number of nitrogens with one attached hydrogen (secondary N) is 1. The Morgan fingerprint density at radius 2 is 1.94 bits per heavy atom. The molecule has 1 fully saturated rings. The summed E-state index contributed by atoms with van der Waals surface area (Å²) in [7, 11) is 1.53. The molecular formula is C13H19N3O2. The summed E-state index contributed by atoms with van der Waals surface area (Å²) in [5.74, 6) is -0.474. The maximum Gasteiger partial charge on any atom is 0.270 e. The number of nitrogens with zero attached hydrogens (tertiary/aromatic N) is 1. The molecule has 0 radical (unpaired) electrons. The number of amides is 1. The van der Waals surface area contributed by atoms with Gasteiger partial charge in [-0.05, 0) is 0 Å². The summed E-state index contributed by atoms with van der Waals surface area (Å²) in [6, 6.07) is 9.41. The van der Waals surface area contributed by atoms with Gasteiger partial charge in [0.15, 0.2) is 0 Å². The molecule has 98 valence electrons. The molecule has 1 aromatic carbocycles. The summed E-state index contributed by atoms with van der Waals surface area (Å²) in [4.78, 5) is 14.0. The van der Waals surface area contributed by atoms with Crippen molar-refractivity contribution in [2.45, 2.75) is 5.72 Å². The zero-order valence-corrected chi connectivity index (χ0v) is 10.6. The summed E-state index contributed by atoms with van der Waals surface area (Å²) in [6.45, 7) is 3.10. The van der Waals surface area contributed by atoms with Crippen LogP contribution in [0.3, 0.4) is 0 Å². The standard InChI is InChI=1S/C13H19N3O2/c1-18-13(12(14)17,11-5-3-2-4-6-11)16-9-7-15-8-10-16/h2-6,15H,7-10H2,1H3,(H2,14,17). The number of hydrogen-bond donors (Lipinski definition) is 2. The van der Waals surface area contributed by atoms with Crippen molar-refractivity contribution in [1.29, 1.82) is 0 Å². The SMILES string of the molecule is COC(C(N)=O)(c1ccccc1)N1CCNCC1. The molecule has 2 rings (SSSR count). The summed E-state index contributed by atoms with van der Waals surface area (Å²) in [6.07, 6.45) is 0. The van der Waals surface area contributed by atoms with Gasteiger partial charge in [0.05, 0.1) is 0 Å². The fraction of sp³-hybridized carbons (Fsp3) is 0.462. The number of nitrogens with two attached hydrogens (primary N) is 1. The van der Waals surface area contributed by atoms with Crippen LogP contribution in [0.25, 0.3) is 0 Å². The lowest BCUT2D eigenvalue weighted by Crippen LogP contribution is -2.61. The van der Waals surface area contributed by atoms with Crippen molar-refractivity contribution < 1.29 is 9.53 Å². The van der Waals surface area contributed by atoms with E-state index >= 15 is 0 Å². The molecule has 1 aromatic rings. The molecule has 1 saturated heterocycles. The van der Waals surface area contributed by atoms with Gasteiger partial charge in [0.2, 0.25) is 5.72 Å². The first-order valence-corrected chi connectivity index (χ1v) is 6.08. The minimum atomic E-state index is -1.16. The predicted octanol–water partition coefficient (Wildman–Crippen LogP) is -0.124. The molecule has 5 heteroatoms. The smallest absolute Gasteiger partial charge is 0.270 e. The highest BCUT2D eigenvalue weighted by Gasteiger charge is 2.45. The van der Waals surface area contributed by atoms with Gasteiger partial charge in [-0.15, -0.1) is 0 Å². The van der Waals surface area contributed by atoms with Gasteiger partial charge in [-0.25, -0.2) is 0 Å². The summed E-state index contributed by atoms with van der Waals surface area (Å²) < 4.78 is 5.55. The van der Waals surface area contributed by atoms with Crippen molar-refractivity contribution in [2.24, 2.45) is 5.73 Å². The van der Waals surface area contributed by atoms with Crippen LogP contribution in [-0.4, -0.2) is 44.1 Å². The molecule has 1 amide bonds. The van der Waals surface area contributed by atoms with Crippen molar-refractivity contribution in [3.05, 3.63) is 35.9 Å². The molecular weight excluding hydrogens is 230 g/mol. The Kier molecular flexibility index (Phi) is 3.96. The topological polar surface area (TPSA) is 67.6 Å². The first-order valence-electron chi connectivity index (χ1n) is 6.08. The van der Waals surface area contributed by atoms with E-state index in [2.05, 4.69) is 5.32 Å². The monoisotopic (exact) mass is 249 g/mol. The number of carbonyl (C=O) groups is 1. The molecule has 3 N–H and O–H groups in total. The molecule has 18 heavy (non-hydrogen) atoms. The van der Waals surface area contributed by atoms with Gasteiger partial charge >= 0.3 is 0 Å². The fourth-order valence-electron chi connectivity index (χ4n) is 2.47. The Hall–Kier alpha value is -1.43. The number of hydrogen-bond acceptors (Lipinski definition) is 4. The third-order valence-corrected chi connectivity index (χ3v) is 3.36. The second-order valence-electron chi connectivity index (χ2n) is 4.32. The van der Waals surface area contributed by atoms with Crippen LogP contribution in [0, 0.1) is 0 Å². The zero-order valence-electron chi connectivity index (χ0n) is 10.6. The van der Waals surface area contributed by atoms with Crippen molar-refractivity contribution >= 4 is 5.91 Å². The summed E-state index contributed by atoms with van der Waals surface area (Å²) in [5, 5.41) is 3.25. The zero-order chi connectivity index (χ0) is 13.0. The Bertz CT molecular complexity index is 404. The van der Waals surface area contributed by atoms with Gasteiger partial charge in [-0.1, -0.05) is 30.3 Å². The number of piperazine rings is 1. The average molecular weight is 249 g/mol. The molecule has 1 atom stereocenters. The van der Waals surface area contributed by atoms with E-state index in [4.69, 9.17) is 10.5 Å². The number of ether oxygens (including phenoxy) is 1. The highest BCUT2D eigenvalue weighted by molar-refractivity contribution is 5.84. The minimum absolute atomic E-state index is 0.474. The molecule has 1 aliphatic rings. The Morgan fingerprint density at radius 3 is 2.44 bits per heavy atom. The second kappa shape index (κ2) is 5.48. The van der Waals surface area contributed by atoms with Gasteiger partial charge in [0.1, 0.15) is 0 Å². The molecule has 5 nitrogen and oxygen atoms in total. The summed E-state index contributed by atoms with van der Waals surface area (Å²) in [5.41, 5.74) is 5.24. The van der Waals surface area contributed by atoms with Crippen LogP contribution in [0.15, 0.2) is 30.3 Å². The van der Waals surface area contributed by atoms with Gasteiger partial charge < -0.3 is 15.8 Å². The third kappa shape index (κ3) is 2.12. The molecule has 1 heterocycles. The van der Waals surface area contributed by atoms with E-state index in [9.17, 15) is 4.79 Å². The van der Waals surface area contributed by atoms with Crippen molar-refractivity contribution in [1.82, 2.24) is 10.2 Å². The normalized spacial score (nSPS) is 20.3. The summed E-state index contributed by atoms with van der Waals surface area (Å²) >= 11 is 0. The molecule has 0 aliphatic carbocycles. The van der Waals surface area contributed by atoms with Gasteiger partial charge in [-0.3, -0.25) is 9.69 Å². The second-order valence-corrected chi connectivity index (χ2v) is 4.32. The van der Waals surface area contributed by atoms with E-state index in [1.807, 2.05) is 35.2 Å². The van der Waals surface area contributed by atoms with Crippen LogP contribution < -0.4 is 11.1 Å². The molecule has 1 aliphatic heterocycles. The van der Waals surface area contributed by atoms with Crippen LogP contribution in [0.1, 0.15) is 5.56 Å². The minimum Gasteiger partial charge on any atom is -0.366 e. The molecule has 0 aromatic heterocycles. The highest BCUT2D eigenvalue weighted by atomic mass is 16.5. The average Bonchev–Trinajstić information content (AvgIpc) is 2.42. The maximum absolute atomic E-state index is 12.0. The number of methoxy groups -OCH3 is 1. The molecule has 0 saturated carbocycles. The number of carbonyl (C=O) groups excluding carboxylic acids is 1. The number of rotatable bonds is 4. The molecule has 0 spiro atoms. The van der Waals surface area contributed by atoms with Crippen molar-refractivity contribution in [2.75, 3.05) is 33.3 Å². The van der Waals surface area contributed by atoms with E-state index in [0.29, 0.717) is 0 Å². The van der Waals surface area contributed by atoms with Gasteiger partial charge in [0, 0.05) is 38.9 Å². The first-order chi connectivity index (χ1) is 8.71. The molecule has 1 unspecified atom stereocenters. The lowest BCUT2D eigenvalue weighted by Gasteiger charge is -2.42. The Morgan fingerprint density at radius 1 is 1.33 bits per heavy atom. The van der Waals surface area contributed by atoms with Gasteiger partial charge in [0.25, 0.3) is 5.91 Å². The highest BCUT2D eigenvalue weighted by Crippen LogP contribution is 2.29. The van der Waals surface area contributed by atoms with Crippen molar-refractivity contribution in [3.63, 3.8) is 0 Å². The van der Waals surface area contributed by atoms with E-state index in [-0.39, 0.29) is 0 Å². The van der Waals surface area contributed by atoms with Crippen LogP contribution in [-0.2, 0) is 15.3 Å². The van der Waals surface area contributed by atoms with Crippen molar-refractivity contribution in [3.8, 4) is 0 Å². The third-order valence-electron chi connectivity index (χ3n) is 3.36. The number of benzene rings is 1. The van der Waals surface area contributed by atoms with E-state index < -0.39 is 11.6 Å². The van der Waals surface area contributed by atoms with Crippen LogP contribution in [0.2, 0.25) is 0 Å². The predicted molar refractivity (Wildman–Crippen MR) is 68.8 cm³/mol. The van der Waals surface area contributed by atoms with Crippen LogP contribution in [0.5, 0.6) is 0 Å². The lowest BCUT2D eigenvalue weighted by molar-refractivity contribution is -0.175. The largest absolute Gasteiger partial charge is 0.366 e. The Balaban J connectivity index is 2.42. The van der Waals surface area contributed by atoms with E-state index in [0.717, 1.165) is 31.7 Å².